The Balaban J connectivity index is 1.88. The van der Waals surface area contributed by atoms with Crippen LogP contribution in [-0.2, 0) is 16.0 Å². The standard InChI is InChI=1S/C29H32BF3O6/c1-6-8-9-10-19-11-14-22(25(15-19)37-29(31,32)33)23-16-20-12-13-21(17-24(20)36-27(23)35)39-30(5)18-28(3,4)38-26(34)7-2/h7,11-17H,2,6,8-10,18H2,1,3-5H3. The van der Waals surface area contributed by atoms with Gasteiger partial charge >= 0.3 is 24.9 Å². The lowest BCUT2D eigenvalue weighted by Crippen LogP contribution is -2.34. The number of hydrogen-bond acceptors (Lipinski definition) is 6. The molecule has 3 rings (SSSR count). The molecule has 0 radical (unpaired) electrons. The van der Waals surface area contributed by atoms with Crippen molar-refractivity contribution in [1.29, 1.82) is 0 Å². The van der Waals surface area contributed by atoms with E-state index in [1.165, 1.54) is 24.3 Å². The summed E-state index contributed by atoms with van der Waals surface area (Å²) in [5.41, 5.74) is -0.765. The SMILES string of the molecule is C=CC(=O)OC(C)(C)CB(C)Oc1ccc2cc(-c3ccc(CCCCC)cc3OC(F)(F)F)c(=O)oc2c1. The number of alkyl halides is 3. The number of halogens is 3. The molecule has 0 unspecified atom stereocenters. The molecule has 0 amide bonds. The van der Waals surface area contributed by atoms with E-state index in [1.807, 2.05) is 6.92 Å². The predicted molar refractivity (Wildman–Crippen MR) is 145 cm³/mol. The maximum absolute atomic E-state index is 13.2. The summed E-state index contributed by atoms with van der Waals surface area (Å²) in [5.74, 6) is -0.573. The molecule has 0 bridgehead atoms. The zero-order chi connectivity index (χ0) is 28.8. The third-order valence-corrected chi connectivity index (χ3v) is 6.00. The molecule has 1 heterocycles. The van der Waals surface area contributed by atoms with Crippen LogP contribution < -0.4 is 15.0 Å². The van der Waals surface area contributed by atoms with Gasteiger partial charge in [0.1, 0.15) is 22.7 Å². The van der Waals surface area contributed by atoms with E-state index < -0.39 is 29.3 Å². The van der Waals surface area contributed by atoms with Crippen LogP contribution in [0.25, 0.3) is 22.1 Å². The summed E-state index contributed by atoms with van der Waals surface area (Å²) >= 11 is 0. The molecule has 39 heavy (non-hydrogen) atoms. The molecule has 0 N–H and O–H groups in total. The molecule has 0 saturated carbocycles. The van der Waals surface area contributed by atoms with Crippen LogP contribution in [0.1, 0.15) is 45.6 Å². The molecule has 6 nitrogen and oxygen atoms in total. The molecule has 3 aromatic rings. The van der Waals surface area contributed by atoms with E-state index in [0.29, 0.717) is 29.4 Å². The van der Waals surface area contributed by atoms with Gasteiger partial charge in [0.2, 0.25) is 0 Å². The van der Waals surface area contributed by atoms with Gasteiger partial charge in [-0.3, -0.25) is 0 Å². The molecule has 2 aromatic carbocycles. The van der Waals surface area contributed by atoms with Crippen molar-refractivity contribution in [3.8, 4) is 22.6 Å². The van der Waals surface area contributed by atoms with Crippen molar-refractivity contribution in [3.05, 3.63) is 71.1 Å². The second-order valence-electron chi connectivity index (χ2n) is 10.0. The van der Waals surface area contributed by atoms with Gasteiger partial charge in [0.25, 0.3) is 0 Å². The van der Waals surface area contributed by atoms with E-state index in [-0.39, 0.29) is 23.6 Å². The van der Waals surface area contributed by atoms with Crippen molar-refractivity contribution in [2.45, 2.75) is 71.6 Å². The van der Waals surface area contributed by atoms with Gasteiger partial charge in [-0.05, 0) is 63.3 Å². The highest BCUT2D eigenvalue weighted by atomic mass is 19.4. The summed E-state index contributed by atoms with van der Waals surface area (Å²) in [7, 11) is 0. The highest BCUT2D eigenvalue weighted by Gasteiger charge is 2.33. The Kier molecular flexibility index (Phi) is 9.53. The first-order valence-corrected chi connectivity index (χ1v) is 12.8. The fraction of sp³-hybridized carbons (Fsp3) is 0.379. The van der Waals surface area contributed by atoms with Gasteiger partial charge in [0.15, 0.2) is 0 Å². The number of fused-ring (bicyclic) bond motifs is 1. The van der Waals surface area contributed by atoms with Crippen LogP contribution in [0.2, 0.25) is 13.1 Å². The zero-order valence-corrected chi connectivity index (χ0v) is 22.5. The maximum atomic E-state index is 13.2. The monoisotopic (exact) mass is 544 g/mol. The van der Waals surface area contributed by atoms with Crippen LogP contribution in [0.4, 0.5) is 13.2 Å². The predicted octanol–water partition coefficient (Wildman–Crippen LogP) is 7.60. The Morgan fingerprint density at radius 3 is 2.49 bits per heavy atom. The molecule has 0 atom stereocenters. The van der Waals surface area contributed by atoms with Crippen LogP contribution in [0.3, 0.4) is 0 Å². The van der Waals surface area contributed by atoms with Gasteiger partial charge in [-0.25, -0.2) is 9.59 Å². The number of unbranched alkanes of at least 4 members (excludes halogenated alkanes) is 2. The fourth-order valence-electron chi connectivity index (χ4n) is 4.41. The Labute approximate surface area is 225 Å². The largest absolute Gasteiger partial charge is 0.573 e. The van der Waals surface area contributed by atoms with Crippen LogP contribution in [0, 0.1) is 0 Å². The van der Waals surface area contributed by atoms with Gasteiger partial charge < -0.3 is 18.5 Å². The molecule has 10 heteroatoms. The minimum atomic E-state index is -4.92. The van der Waals surface area contributed by atoms with Gasteiger partial charge in [-0.1, -0.05) is 38.5 Å². The first kappa shape index (κ1) is 29.9. The number of carbonyl (C=O) groups excluding carboxylic acids is 1. The minimum absolute atomic E-state index is 0.00697. The lowest BCUT2D eigenvalue weighted by Gasteiger charge is -2.26. The molecular weight excluding hydrogens is 512 g/mol. The highest BCUT2D eigenvalue weighted by molar-refractivity contribution is 6.51. The summed E-state index contributed by atoms with van der Waals surface area (Å²) in [5, 5.41) is 0.495. The summed E-state index contributed by atoms with van der Waals surface area (Å²) in [4.78, 5) is 24.4. The Hall–Kier alpha value is -3.69. The number of esters is 1. The summed E-state index contributed by atoms with van der Waals surface area (Å²) < 4.78 is 60.6. The molecule has 1 aromatic heterocycles. The normalized spacial score (nSPS) is 11.8. The number of rotatable bonds is 12. The van der Waals surface area contributed by atoms with E-state index in [1.54, 1.807) is 38.9 Å². The number of hydrogen-bond donors (Lipinski definition) is 0. The van der Waals surface area contributed by atoms with E-state index in [4.69, 9.17) is 13.8 Å². The third-order valence-electron chi connectivity index (χ3n) is 6.00. The second-order valence-corrected chi connectivity index (χ2v) is 10.0. The number of ether oxygens (including phenoxy) is 2. The molecule has 0 aliphatic rings. The first-order valence-electron chi connectivity index (χ1n) is 12.8. The molecule has 0 aliphatic carbocycles. The van der Waals surface area contributed by atoms with Crippen LogP contribution in [-0.4, -0.2) is 24.8 Å². The summed E-state index contributed by atoms with van der Waals surface area (Å²) in [6.45, 7) is 10.4. The number of carbonyl (C=O) groups is 1. The van der Waals surface area contributed by atoms with E-state index in [9.17, 15) is 22.8 Å². The fourth-order valence-corrected chi connectivity index (χ4v) is 4.41. The van der Waals surface area contributed by atoms with Gasteiger partial charge in [-0.2, -0.15) is 0 Å². The van der Waals surface area contributed by atoms with E-state index in [2.05, 4.69) is 11.3 Å². The molecule has 0 saturated heterocycles. The maximum Gasteiger partial charge on any atom is 0.573 e. The smallest absolute Gasteiger partial charge is 0.561 e. The van der Waals surface area contributed by atoms with E-state index in [0.717, 1.165) is 25.3 Å². The second kappa shape index (κ2) is 12.4. The van der Waals surface area contributed by atoms with Crippen molar-refractivity contribution in [2.24, 2.45) is 0 Å². The van der Waals surface area contributed by atoms with Crippen molar-refractivity contribution in [3.63, 3.8) is 0 Å². The average molecular weight is 544 g/mol. The van der Waals surface area contributed by atoms with Crippen LogP contribution in [0.5, 0.6) is 11.5 Å². The Morgan fingerprint density at radius 2 is 1.82 bits per heavy atom. The van der Waals surface area contributed by atoms with Crippen molar-refractivity contribution in [1.82, 2.24) is 0 Å². The zero-order valence-electron chi connectivity index (χ0n) is 22.5. The molecule has 0 aliphatic heterocycles. The van der Waals surface area contributed by atoms with E-state index >= 15 is 0 Å². The average Bonchev–Trinajstić information content (AvgIpc) is 2.82. The minimum Gasteiger partial charge on any atom is -0.561 e. The summed E-state index contributed by atoms with van der Waals surface area (Å²) in [6.07, 6.45) is -0.0800. The molecule has 0 spiro atoms. The van der Waals surface area contributed by atoms with Gasteiger partial charge in [-0.15, -0.1) is 13.2 Å². The number of benzene rings is 2. The Bertz CT molecular complexity index is 1380. The quantitative estimate of drug-likeness (QED) is 0.0769. The van der Waals surface area contributed by atoms with Gasteiger partial charge in [0, 0.05) is 29.4 Å². The summed E-state index contributed by atoms with van der Waals surface area (Å²) in [6, 6.07) is 10.8. The lowest BCUT2D eigenvalue weighted by atomic mass is 9.62. The lowest BCUT2D eigenvalue weighted by molar-refractivity contribution is -0.274. The van der Waals surface area contributed by atoms with Crippen LogP contribution >= 0.6 is 0 Å². The third kappa shape index (κ3) is 8.66. The molecule has 0 fully saturated rings. The number of aryl methyl sites for hydroxylation is 1. The molecular formula is C29H32BF3O6. The Morgan fingerprint density at radius 1 is 1.08 bits per heavy atom. The topological polar surface area (TPSA) is 75.0 Å². The van der Waals surface area contributed by atoms with Crippen molar-refractivity contribution < 1.29 is 36.5 Å². The van der Waals surface area contributed by atoms with Gasteiger partial charge in [0.05, 0.1) is 5.56 Å². The highest BCUT2D eigenvalue weighted by Crippen LogP contribution is 2.35. The van der Waals surface area contributed by atoms with Crippen molar-refractivity contribution >= 4 is 23.9 Å². The van der Waals surface area contributed by atoms with Crippen molar-refractivity contribution in [2.75, 3.05) is 0 Å². The molecule has 208 valence electrons. The first-order chi connectivity index (χ1) is 18.3. The van der Waals surface area contributed by atoms with Crippen LogP contribution in [0.15, 0.2) is 64.3 Å².